The number of hydrogen-bond donors (Lipinski definition) is 1. The molecule has 112 valence electrons. The van der Waals surface area contributed by atoms with Crippen molar-refractivity contribution in [1.82, 2.24) is 4.90 Å². The van der Waals surface area contributed by atoms with Crippen LogP contribution in [-0.4, -0.2) is 31.6 Å². The first-order chi connectivity index (χ1) is 9.13. The van der Waals surface area contributed by atoms with E-state index >= 15 is 0 Å². The van der Waals surface area contributed by atoms with Crippen LogP contribution >= 0.6 is 0 Å². The third-order valence-electron chi connectivity index (χ3n) is 5.67. The van der Waals surface area contributed by atoms with Gasteiger partial charge in [-0.25, -0.2) is 0 Å². The molecule has 2 saturated carbocycles. The zero-order chi connectivity index (χ0) is 13.7. The Morgan fingerprint density at radius 1 is 1.05 bits per heavy atom. The normalized spacial score (nSPS) is 33.8. The molecule has 2 nitrogen and oxygen atoms in total. The molecule has 2 aliphatic rings. The maximum atomic E-state index is 6.14. The maximum absolute atomic E-state index is 6.14. The minimum absolute atomic E-state index is 0.427. The molecule has 2 heteroatoms. The standard InChI is InChI=1S/C17H34N2/c1-15-8-10-17(13-18,11-9-15)14-19(2)12-16-6-4-3-5-7-16/h15-16H,3-14,18H2,1-2H3. The Balaban J connectivity index is 1.80. The fourth-order valence-corrected chi connectivity index (χ4v) is 4.25. The molecule has 0 aromatic carbocycles. The monoisotopic (exact) mass is 266 g/mol. The van der Waals surface area contributed by atoms with Gasteiger partial charge in [0, 0.05) is 13.1 Å². The Kier molecular flexibility index (Phi) is 5.70. The summed E-state index contributed by atoms with van der Waals surface area (Å²) in [5.41, 5.74) is 6.56. The molecule has 0 saturated heterocycles. The second kappa shape index (κ2) is 7.08. The summed E-state index contributed by atoms with van der Waals surface area (Å²) < 4.78 is 0. The molecule has 0 radical (unpaired) electrons. The summed E-state index contributed by atoms with van der Waals surface area (Å²) >= 11 is 0. The van der Waals surface area contributed by atoms with Crippen LogP contribution in [0.15, 0.2) is 0 Å². The van der Waals surface area contributed by atoms with E-state index in [2.05, 4.69) is 18.9 Å². The Bertz CT molecular complexity index is 250. The second-order valence-electron chi connectivity index (χ2n) is 7.59. The topological polar surface area (TPSA) is 29.3 Å². The lowest BCUT2D eigenvalue weighted by atomic mass is 9.70. The number of rotatable bonds is 5. The van der Waals surface area contributed by atoms with E-state index in [4.69, 9.17) is 5.73 Å². The number of nitrogens with two attached hydrogens (primary N) is 1. The molecule has 19 heavy (non-hydrogen) atoms. The van der Waals surface area contributed by atoms with Gasteiger partial charge in [-0.3, -0.25) is 0 Å². The molecule has 2 aliphatic carbocycles. The van der Waals surface area contributed by atoms with Crippen LogP contribution in [0, 0.1) is 17.3 Å². The van der Waals surface area contributed by atoms with Gasteiger partial charge in [-0.05, 0) is 56.5 Å². The average Bonchev–Trinajstić information content (AvgIpc) is 2.43. The summed E-state index contributed by atoms with van der Waals surface area (Å²) in [5, 5.41) is 0. The van der Waals surface area contributed by atoms with Crippen molar-refractivity contribution in [2.75, 3.05) is 26.7 Å². The highest BCUT2D eigenvalue weighted by atomic mass is 15.1. The molecule has 2 fully saturated rings. The molecule has 0 heterocycles. The van der Waals surface area contributed by atoms with Crippen molar-refractivity contribution in [3.8, 4) is 0 Å². The largest absolute Gasteiger partial charge is 0.330 e. The van der Waals surface area contributed by atoms with Gasteiger partial charge in [0.2, 0.25) is 0 Å². The fraction of sp³-hybridized carbons (Fsp3) is 1.00. The van der Waals surface area contributed by atoms with Gasteiger partial charge >= 0.3 is 0 Å². The zero-order valence-electron chi connectivity index (χ0n) is 13.2. The molecule has 0 bridgehead atoms. The van der Waals surface area contributed by atoms with Gasteiger partial charge in [0.1, 0.15) is 0 Å². The molecule has 0 aliphatic heterocycles. The van der Waals surface area contributed by atoms with Crippen molar-refractivity contribution >= 4 is 0 Å². The van der Waals surface area contributed by atoms with Crippen molar-refractivity contribution in [3.05, 3.63) is 0 Å². The van der Waals surface area contributed by atoms with E-state index in [1.165, 1.54) is 70.9 Å². The summed E-state index contributed by atoms with van der Waals surface area (Å²) in [5.74, 6) is 1.87. The highest BCUT2D eigenvalue weighted by Gasteiger charge is 2.34. The molecule has 2 rings (SSSR count). The highest BCUT2D eigenvalue weighted by Crippen LogP contribution is 2.39. The van der Waals surface area contributed by atoms with Crippen LogP contribution in [0.1, 0.15) is 64.7 Å². The van der Waals surface area contributed by atoms with Crippen molar-refractivity contribution in [2.45, 2.75) is 64.7 Å². The zero-order valence-corrected chi connectivity index (χ0v) is 13.2. The third kappa shape index (κ3) is 4.46. The van der Waals surface area contributed by atoms with Crippen molar-refractivity contribution in [1.29, 1.82) is 0 Å². The second-order valence-corrected chi connectivity index (χ2v) is 7.59. The molecule has 2 N–H and O–H groups in total. The molecule has 0 unspecified atom stereocenters. The van der Waals surface area contributed by atoms with Gasteiger partial charge in [0.25, 0.3) is 0 Å². The summed E-state index contributed by atoms with van der Waals surface area (Å²) in [6.07, 6.45) is 12.7. The average molecular weight is 266 g/mol. The molecule has 0 aromatic heterocycles. The lowest BCUT2D eigenvalue weighted by Gasteiger charge is -2.42. The molecular weight excluding hydrogens is 232 g/mol. The van der Waals surface area contributed by atoms with E-state index < -0.39 is 0 Å². The van der Waals surface area contributed by atoms with Gasteiger partial charge in [-0.1, -0.05) is 39.0 Å². The first-order valence-electron chi connectivity index (χ1n) is 8.52. The van der Waals surface area contributed by atoms with E-state index in [-0.39, 0.29) is 0 Å². The quantitative estimate of drug-likeness (QED) is 0.823. The van der Waals surface area contributed by atoms with Gasteiger partial charge in [0.05, 0.1) is 0 Å². The predicted molar refractivity (Wildman–Crippen MR) is 83.2 cm³/mol. The van der Waals surface area contributed by atoms with E-state index in [0.717, 1.165) is 18.4 Å². The Hall–Kier alpha value is -0.0800. The summed E-state index contributed by atoms with van der Waals surface area (Å²) in [6.45, 7) is 5.81. The molecular formula is C17H34N2. The molecule has 0 atom stereocenters. The van der Waals surface area contributed by atoms with Crippen molar-refractivity contribution in [3.63, 3.8) is 0 Å². The van der Waals surface area contributed by atoms with Gasteiger partial charge < -0.3 is 10.6 Å². The Morgan fingerprint density at radius 2 is 1.68 bits per heavy atom. The molecule has 0 amide bonds. The van der Waals surface area contributed by atoms with Gasteiger partial charge in [0.15, 0.2) is 0 Å². The number of nitrogens with zero attached hydrogens (tertiary/aromatic N) is 1. The van der Waals surface area contributed by atoms with Crippen LogP contribution in [0.3, 0.4) is 0 Å². The summed E-state index contributed by atoms with van der Waals surface area (Å²) in [6, 6.07) is 0. The minimum atomic E-state index is 0.427. The highest BCUT2D eigenvalue weighted by molar-refractivity contribution is 4.88. The SMILES string of the molecule is CC1CCC(CN)(CN(C)CC2CCCCC2)CC1. The molecule has 0 spiro atoms. The Labute approximate surface area is 120 Å². The summed E-state index contributed by atoms with van der Waals surface area (Å²) in [4.78, 5) is 2.60. The van der Waals surface area contributed by atoms with E-state index in [9.17, 15) is 0 Å². The first kappa shape index (κ1) is 15.3. The maximum Gasteiger partial charge on any atom is 0.00471 e. The summed E-state index contributed by atoms with van der Waals surface area (Å²) in [7, 11) is 2.32. The fourth-order valence-electron chi connectivity index (χ4n) is 4.25. The van der Waals surface area contributed by atoms with Crippen LogP contribution in [-0.2, 0) is 0 Å². The minimum Gasteiger partial charge on any atom is -0.330 e. The predicted octanol–water partition coefficient (Wildman–Crippen LogP) is 3.65. The van der Waals surface area contributed by atoms with Crippen LogP contribution in [0.5, 0.6) is 0 Å². The van der Waals surface area contributed by atoms with E-state index in [1.807, 2.05) is 0 Å². The Morgan fingerprint density at radius 3 is 2.26 bits per heavy atom. The van der Waals surface area contributed by atoms with Crippen LogP contribution in [0.2, 0.25) is 0 Å². The van der Waals surface area contributed by atoms with Gasteiger partial charge in [-0.15, -0.1) is 0 Å². The van der Waals surface area contributed by atoms with Crippen LogP contribution in [0.25, 0.3) is 0 Å². The third-order valence-corrected chi connectivity index (χ3v) is 5.67. The van der Waals surface area contributed by atoms with Crippen molar-refractivity contribution in [2.24, 2.45) is 23.0 Å². The lowest BCUT2D eigenvalue weighted by Crippen LogP contribution is -2.44. The van der Waals surface area contributed by atoms with E-state index in [0.29, 0.717) is 5.41 Å². The van der Waals surface area contributed by atoms with Crippen LogP contribution in [0.4, 0.5) is 0 Å². The van der Waals surface area contributed by atoms with Crippen molar-refractivity contribution < 1.29 is 0 Å². The smallest absolute Gasteiger partial charge is 0.00471 e. The molecule has 0 aromatic rings. The lowest BCUT2D eigenvalue weighted by molar-refractivity contribution is 0.0955. The number of hydrogen-bond acceptors (Lipinski definition) is 2. The van der Waals surface area contributed by atoms with E-state index in [1.54, 1.807) is 0 Å². The van der Waals surface area contributed by atoms with Crippen LogP contribution < -0.4 is 5.73 Å². The first-order valence-corrected chi connectivity index (χ1v) is 8.52. The van der Waals surface area contributed by atoms with Gasteiger partial charge in [-0.2, -0.15) is 0 Å².